The number of hydrogen-bond acceptors (Lipinski definition) is 3. The molecule has 4 heteroatoms. The highest BCUT2D eigenvalue weighted by molar-refractivity contribution is 7.25. The Bertz CT molecular complexity index is 470. The van der Waals surface area contributed by atoms with E-state index < -0.39 is 0 Å². The summed E-state index contributed by atoms with van der Waals surface area (Å²) in [5, 5.41) is 1.18. The topological polar surface area (TPSA) is 9.23 Å². The third-order valence-corrected chi connectivity index (χ3v) is 4.42. The summed E-state index contributed by atoms with van der Waals surface area (Å²) >= 11 is 3.05. The van der Waals surface area contributed by atoms with Gasteiger partial charge in [0.15, 0.2) is 5.82 Å². The minimum atomic E-state index is -0.186. The standard InChI is InChI=1S/C10H11FOS2/c1-4-12-10-8(11)7-5(2)13-6(3)9(7)14-10/h4H2,1-3H3. The first-order chi connectivity index (χ1) is 6.65. The van der Waals surface area contributed by atoms with Crippen molar-refractivity contribution in [3.63, 3.8) is 0 Å². The van der Waals surface area contributed by atoms with Gasteiger partial charge in [0.25, 0.3) is 0 Å². The molecule has 0 aliphatic rings. The SMILES string of the molecule is CCOc1sc2c(C)sc(C)c2c1F. The van der Waals surface area contributed by atoms with E-state index in [0.717, 1.165) is 15.0 Å². The number of hydrogen-bond donors (Lipinski definition) is 0. The first kappa shape index (κ1) is 9.93. The first-order valence-corrected chi connectivity index (χ1v) is 6.09. The summed E-state index contributed by atoms with van der Waals surface area (Å²) in [5.74, 6) is -0.186. The lowest BCUT2D eigenvalue weighted by Gasteiger charge is -1.97. The first-order valence-electron chi connectivity index (χ1n) is 4.46. The fourth-order valence-electron chi connectivity index (χ4n) is 1.50. The van der Waals surface area contributed by atoms with E-state index >= 15 is 0 Å². The van der Waals surface area contributed by atoms with Crippen molar-refractivity contribution < 1.29 is 9.13 Å². The van der Waals surface area contributed by atoms with Crippen LogP contribution in [-0.2, 0) is 0 Å². The van der Waals surface area contributed by atoms with Crippen LogP contribution in [0.15, 0.2) is 0 Å². The van der Waals surface area contributed by atoms with Gasteiger partial charge in [0, 0.05) is 15.1 Å². The van der Waals surface area contributed by atoms with E-state index in [1.54, 1.807) is 11.3 Å². The summed E-state index contributed by atoms with van der Waals surface area (Å²) in [7, 11) is 0. The average molecular weight is 230 g/mol. The summed E-state index contributed by atoms with van der Waals surface area (Å²) in [5.41, 5.74) is 0. The van der Waals surface area contributed by atoms with Gasteiger partial charge < -0.3 is 4.74 Å². The molecule has 0 N–H and O–H groups in total. The van der Waals surface area contributed by atoms with Gasteiger partial charge in [0.05, 0.1) is 11.3 Å². The molecule has 2 rings (SSSR count). The van der Waals surface area contributed by atoms with E-state index in [2.05, 4.69) is 0 Å². The molecule has 0 radical (unpaired) electrons. The van der Waals surface area contributed by atoms with Crippen molar-refractivity contribution in [2.45, 2.75) is 20.8 Å². The van der Waals surface area contributed by atoms with Crippen molar-refractivity contribution >= 4 is 32.8 Å². The minimum Gasteiger partial charge on any atom is -0.482 e. The molecule has 2 aromatic heterocycles. The van der Waals surface area contributed by atoms with Gasteiger partial charge in [-0.25, -0.2) is 4.39 Å². The van der Waals surface area contributed by atoms with E-state index in [9.17, 15) is 4.39 Å². The minimum absolute atomic E-state index is 0.186. The van der Waals surface area contributed by atoms with Gasteiger partial charge in [-0.1, -0.05) is 11.3 Å². The Labute approximate surface area is 90.1 Å². The lowest BCUT2D eigenvalue weighted by Crippen LogP contribution is -1.90. The maximum absolute atomic E-state index is 13.8. The molecule has 0 saturated carbocycles. The molecule has 0 saturated heterocycles. The van der Waals surface area contributed by atoms with Crippen molar-refractivity contribution in [3.8, 4) is 5.06 Å². The van der Waals surface area contributed by atoms with Gasteiger partial charge in [-0.2, -0.15) is 0 Å². The summed E-state index contributed by atoms with van der Waals surface area (Å²) in [6.45, 7) is 6.35. The molecule has 0 aliphatic carbocycles. The van der Waals surface area contributed by atoms with Crippen LogP contribution in [0, 0.1) is 19.7 Å². The second-order valence-corrected chi connectivity index (χ2v) is 5.47. The fraction of sp³-hybridized carbons (Fsp3) is 0.400. The number of fused-ring (bicyclic) bond motifs is 1. The molecule has 0 aromatic carbocycles. The zero-order valence-corrected chi connectivity index (χ0v) is 9.94. The van der Waals surface area contributed by atoms with Crippen LogP contribution in [0.5, 0.6) is 5.06 Å². The monoisotopic (exact) mass is 230 g/mol. The average Bonchev–Trinajstić information content (AvgIpc) is 2.57. The number of thiophene rings is 2. The molecule has 0 amide bonds. The Morgan fingerprint density at radius 3 is 2.50 bits per heavy atom. The summed E-state index contributed by atoms with van der Waals surface area (Å²) in [4.78, 5) is 2.21. The molecule has 0 unspecified atom stereocenters. The maximum atomic E-state index is 13.8. The normalized spacial score (nSPS) is 11.1. The smallest absolute Gasteiger partial charge is 0.211 e. The fourth-order valence-corrected chi connectivity index (χ4v) is 3.81. The third kappa shape index (κ3) is 1.33. The van der Waals surface area contributed by atoms with Gasteiger partial charge >= 0.3 is 0 Å². The van der Waals surface area contributed by atoms with Gasteiger partial charge in [0.2, 0.25) is 5.06 Å². The van der Waals surface area contributed by atoms with Crippen LogP contribution in [0.4, 0.5) is 4.39 Å². The van der Waals surface area contributed by atoms with Crippen LogP contribution in [0.1, 0.15) is 16.7 Å². The van der Waals surface area contributed by atoms with Crippen molar-refractivity contribution in [2.75, 3.05) is 6.61 Å². The Balaban J connectivity index is 2.68. The van der Waals surface area contributed by atoms with Crippen LogP contribution in [0.2, 0.25) is 0 Å². The summed E-state index contributed by atoms with van der Waals surface area (Å²) in [6, 6.07) is 0. The number of aryl methyl sites for hydroxylation is 2. The van der Waals surface area contributed by atoms with Gasteiger partial charge in [-0.3, -0.25) is 0 Å². The zero-order valence-electron chi connectivity index (χ0n) is 8.31. The maximum Gasteiger partial charge on any atom is 0.211 e. The van der Waals surface area contributed by atoms with Crippen LogP contribution in [-0.4, -0.2) is 6.61 Å². The largest absolute Gasteiger partial charge is 0.482 e. The van der Waals surface area contributed by atoms with Crippen LogP contribution < -0.4 is 4.74 Å². The van der Waals surface area contributed by atoms with Crippen molar-refractivity contribution in [2.24, 2.45) is 0 Å². The number of rotatable bonds is 2. The van der Waals surface area contributed by atoms with E-state index in [1.807, 2.05) is 20.8 Å². The van der Waals surface area contributed by atoms with Gasteiger partial charge in [0.1, 0.15) is 0 Å². The predicted molar refractivity (Wildman–Crippen MR) is 60.3 cm³/mol. The Kier molecular flexibility index (Phi) is 2.49. The molecule has 2 heterocycles. The Morgan fingerprint density at radius 1 is 1.21 bits per heavy atom. The molecule has 0 atom stereocenters. The molecule has 0 fully saturated rings. The van der Waals surface area contributed by atoms with E-state index in [-0.39, 0.29) is 5.82 Å². The van der Waals surface area contributed by atoms with Crippen molar-refractivity contribution in [1.82, 2.24) is 0 Å². The van der Waals surface area contributed by atoms with Crippen molar-refractivity contribution in [1.29, 1.82) is 0 Å². The molecule has 14 heavy (non-hydrogen) atoms. The van der Waals surface area contributed by atoms with Crippen LogP contribution in [0.25, 0.3) is 10.1 Å². The van der Waals surface area contributed by atoms with Crippen LogP contribution >= 0.6 is 22.7 Å². The highest BCUT2D eigenvalue weighted by atomic mass is 32.1. The van der Waals surface area contributed by atoms with E-state index in [1.165, 1.54) is 16.2 Å². The molecule has 0 spiro atoms. The third-order valence-electron chi connectivity index (χ3n) is 2.07. The quantitative estimate of drug-likeness (QED) is 0.754. The molecule has 76 valence electrons. The van der Waals surface area contributed by atoms with Gasteiger partial charge in [-0.05, 0) is 20.8 Å². The molecule has 2 aromatic rings. The Morgan fingerprint density at radius 2 is 1.93 bits per heavy atom. The molecule has 1 nitrogen and oxygen atoms in total. The van der Waals surface area contributed by atoms with Crippen LogP contribution in [0.3, 0.4) is 0 Å². The number of ether oxygens (including phenoxy) is 1. The molecular formula is C10H11FOS2. The van der Waals surface area contributed by atoms with E-state index in [0.29, 0.717) is 11.7 Å². The highest BCUT2D eigenvalue weighted by Gasteiger charge is 2.18. The summed E-state index contributed by atoms with van der Waals surface area (Å²) < 4.78 is 20.1. The molecular weight excluding hydrogens is 219 g/mol. The highest BCUT2D eigenvalue weighted by Crippen LogP contribution is 2.43. The summed E-state index contributed by atoms with van der Waals surface area (Å²) in [6.07, 6.45) is 0. The zero-order chi connectivity index (χ0) is 10.3. The second-order valence-electron chi connectivity index (χ2n) is 3.06. The molecule has 0 aliphatic heterocycles. The van der Waals surface area contributed by atoms with Gasteiger partial charge in [-0.15, -0.1) is 11.3 Å². The predicted octanol–water partition coefficient (Wildman–Crippen LogP) is 4.12. The van der Waals surface area contributed by atoms with Crippen molar-refractivity contribution in [3.05, 3.63) is 15.6 Å². The lowest BCUT2D eigenvalue weighted by molar-refractivity contribution is 0.334. The molecule has 0 bridgehead atoms. The van der Waals surface area contributed by atoms with E-state index in [4.69, 9.17) is 4.74 Å². The second kappa shape index (κ2) is 3.51. The lowest BCUT2D eigenvalue weighted by atomic mass is 10.3. The number of halogens is 1. The Hall–Kier alpha value is -0.610.